The molecule has 1 rings (SSSR count). The highest BCUT2D eigenvalue weighted by Crippen LogP contribution is 2.23. The van der Waals surface area contributed by atoms with Gasteiger partial charge >= 0.3 is 5.97 Å². The highest BCUT2D eigenvalue weighted by Gasteiger charge is 2.31. The molecular formula is C13H18ClNO2. The van der Waals surface area contributed by atoms with Gasteiger partial charge in [-0.3, -0.25) is 4.79 Å². The van der Waals surface area contributed by atoms with E-state index in [-0.39, 0.29) is 19.1 Å². The van der Waals surface area contributed by atoms with E-state index in [1.807, 2.05) is 32.0 Å². The fraction of sp³-hybridized carbons (Fsp3) is 0.462. The second-order valence-electron chi connectivity index (χ2n) is 4.29. The molecule has 0 aliphatic carbocycles. The van der Waals surface area contributed by atoms with Crippen molar-refractivity contribution in [3.05, 3.63) is 34.9 Å². The molecule has 2 N–H and O–H groups in total. The quantitative estimate of drug-likeness (QED) is 0.823. The molecule has 0 radical (unpaired) electrons. The van der Waals surface area contributed by atoms with Crippen molar-refractivity contribution in [2.45, 2.75) is 26.9 Å². The SMILES string of the molecule is CCC(C)(CN)C(=O)OCc1ccccc1Cl. The Bertz CT molecular complexity index is 389. The lowest BCUT2D eigenvalue weighted by Crippen LogP contribution is -2.36. The summed E-state index contributed by atoms with van der Waals surface area (Å²) < 4.78 is 5.25. The van der Waals surface area contributed by atoms with Gasteiger partial charge in [-0.1, -0.05) is 36.7 Å². The summed E-state index contributed by atoms with van der Waals surface area (Å²) in [6.45, 7) is 4.20. The van der Waals surface area contributed by atoms with E-state index < -0.39 is 5.41 Å². The second kappa shape index (κ2) is 6.03. The minimum Gasteiger partial charge on any atom is -0.460 e. The molecular weight excluding hydrogens is 238 g/mol. The monoisotopic (exact) mass is 255 g/mol. The molecule has 3 nitrogen and oxygen atoms in total. The van der Waals surface area contributed by atoms with Gasteiger partial charge in [-0.25, -0.2) is 0 Å². The molecule has 0 fully saturated rings. The Hall–Kier alpha value is -1.06. The van der Waals surface area contributed by atoms with Crippen LogP contribution in [0.2, 0.25) is 5.02 Å². The maximum Gasteiger partial charge on any atom is 0.313 e. The summed E-state index contributed by atoms with van der Waals surface area (Å²) in [6.07, 6.45) is 0.658. The van der Waals surface area contributed by atoms with Crippen molar-refractivity contribution in [2.75, 3.05) is 6.54 Å². The Morgan fingerprint density at radius 3 is 2.65 bits per heavy atom. The number of carbonyl (C=O) groups excluding carboxylic acids is 1. The van der Waals surface area contributed by atoms with Gasteiger partial charge in [-0.05, 0) is 19.4 Å². The summed E-state index contributed by atoms with van der Waals surface area (Å²) in [5, 5.41) is 0.603. The molecule has 94 valence electrons. The fourth-order valence-corrected chi connectivity index (χ4v) is 1.50. The molecule has 0 heterocycles. The molecule has 0 amide bonds. The van der Waals surface area contributed by atoms with Crippen LogP contribution in [-0.4, -0.2) is 12.5 Å². The summed E-state index contributed by atoms with van der Waals surface area (Å²) in [4.78, 5) is 11.9. The molecule has 17 heavy (non-hydrogen) atoms. The first kappa shape index (κ1) is 14.0. The van der Waals surface area contributed by atoms with Crippen molar-refractivity contribution in [2.24, 2.45) is 11.1 Å². The van der Waals surface area contributed by atoms with Crippen LogP contribution in [0, 0.1) is 5.41 Å². The number of benzene rings is 1. The van der Waals surface area contributed by atoms with Gasteiger partial charge in [0.2, 0.25) is 0 Å². The number of nitrogens with two attached hydrogens (primary N) is 1. The molecule has 0 saturated carbocycles. The average Bonchev–Trinajstić information content (AvgIpc) is 2.36. The summed E-state index contributed by atoms with van der Waals surface area (Å²) in [6, 6.07) is 7.30. The van der Waals surface area contributed by atoms with Crippen LogP contribution >= 0.6 is 11.6 Å². The number of rotatable bonds is 5. The van der Waals surface area contributed by atoms with E-state index in [9.17, 15) is 4.79 Å². The van der Waals surface area contributed by atoms with E-state index in [1.165, 1.54) is 0 Å². The lowest BCUT2D eigenvalue weighted by Gasteiger charge is -2.23. The predicted molar refractivity (Wildman–Crippen MR) is 68.7 cm³/mol. The minimum absolute atomic E-state index is 0.189. The van der Waals surface area contributed by atoms with Crippen molar-refractivity contribution in [1.29, 1.82) is 0 Å². The van der Waals surface area contributed by atoms with Crippen molar-refractivity contribution >= 4 is 17.6 Å². The van der Waals surface area contributed by atoms with Crippen molar-refractivity contribution in [3.8, 4) is 0 Å². The van der Waals surface area contributed by atoms with E-state index >= 15 is 0 Å². The first-order valence-electron chi connectivity index (χ1n) is 5.64. The topological polar surface area (TPSA) is 52.3 Å². The van der Waals surface area contributed by atoms with E-state index in [4.69, 9.17) is 22.1 Å². The third-order valence-corrected chi connectivity index (χ3v) is 3.41. The largest absolute Gasteiger partial charge is 0.460 e. The Morgan fingerprint density at radius 2 is 2.12 bits per heavy atom. The number of hydrogen-bond donors (Lipinski definition) is 1. The zero-order valence-corrected chi connectivity index (χ0v) is 11.0. The number of halogens is 1. The molecule has 0 saturated heterocycles. The highest BCUT2D eigenvalue weighted by atomic mass is 35.5. The number of ether oxygens (including phenoxy) is 1. The Balaban J connectivity index is 2.63. The molecule has 0 bridgehead atoms. The van der Waals surface area contributed by atoms with Gasteiger partial charge in [0.15, 0.2) is 0 Å². The lowest BCUT2D eigenvalue weighted by atomic mass is 9.88. The van der Waals surface area contributed by atoms with Crippen LogP contribution in [0.1, 0.15) is 25.8 Å². The van der Waals surface area contributed by atoms with Crippen LogP contribution in [0.15, 0.2) is 24.3 Å². The van der Waals surface area contributed by atoms with Gasteiger partial charge in [0.1, 0.15) is 6.61 Å². The van der Waals surface area contributed by atoms with Crippen molar-refractivity contribution in [3.63, 3.8) is 0 Å². The van der Waals surface area contributed by atoms with E-state index in [0.29, 0.717) is 11.4 Å². The van der Waals surface area contributed by atoms with Crippen LogP contribution < -0.4 is 5.73 Å². The summed E-state index contributed by atoms with van der Waals surface area (Å²) >= 11 is 5.97. The third kappa shape index (κ3) is 3.45. The molecule has 0 aliphatic heterocycles. The van der Waals surface area contributed by atoms with Gasteiger partial charge in [-0.2, -0.15) is 0 Å². The fourth-order valence-electron chi connectivity index (χ4n) is 1.30. The molecule has 1 atom stereocenters. The smallest absolute Gasteiger partial charge is 0.313 e. The minimum atomic E-state index is -0.610. The van der Waals surface area contributed by atoms with E-state index in [0.717, 1.165) is 5.56 Å². The molecule has 0 aliphatic rings. The molecule has 4 heteroatoms. The van der Waals surface area contributed by atoms with E-state index in [2.05, 4.69) is 0 Å². The van der Waals surface area contributed by atoms with Crippen LogP contribution in [0.25, 0.3) is 0 Å². The van der Waals surface area contributed by atoms with Gasteiger partial charge in [0, 0.05) is 17.1 Å². The van der Waals surface area contributed by atoms with Crippen LogP contribution in [0.3, 0.4) is 0 Å². The molecule has 1 aromatic rings. The Labute approximate surface area is 107 Å². The zero-order valence-electron chi connectivity index (χ0n) is 10.2. The average molecular weight is 256 g/mol. The zero-order chi connectivity index (χ0) is 12.9. The standard InChI is InChI=1S/C13H18ClNO2/c1-3-13(2,9-15)12(16)17-8-10-6-4-5-7-11(10)14/h4-7H,3,8-9,15H2,1-2H3. The van der Waals surface area contributed by atoms with Gasteiger partial charge in [-0.15, -0.1) is 0 Å². The summed E-state index contributed by atoms with van der Waals surface area (Å²) in [7, 11) is 0. The Kier molecular flexibility index (Phi) is 4.97. The number of esters is 1. The molecule has 1 aromatic carbocycles. The van der Waals surface area contributed by atoms with Crippen LogP contribution in [0.4, 0.5) is 0 Å². The van der Waals surface area contributed by atoms with Crippen molar-refractivity contribution in [1.82, 2.24) is 0 Å². The van der Waals surface area contributed by atoms with Gasteiger partial charge in [0.05, 0.1) is 5.41 Å². The van der Waals surface area contributed by atoms with Crippen LogP contribution in [0.5, 0.6) is 0 Å². The first-order chi connectivity index (χ1) is 8.03. The maximum absolute atomic E-state index is 11.9. The highest BCUT2D eigenvalue weighted by molar-refractivity contribution is 6.31. The second-order valence-corrected chi connectivity index (χ2v) is 4.69. The summed E-state index contributed by atoms with van der Waals surface area (Å²) in [5.41, 5.74) is 5.78. The van der Waals surface area contributed by atoms with E-state index in [1.54, 1.807) is 6.07 Å². The van der Waals surface area contributed by atoms with Gasteiger partial charge < -0.3 is 10.5 Å². The maximum atomic E-state index is 11.9. The van der Waals surface area contributed by atoms with Gasteiger partial charge in [0.25, 0.3) is 0 Å². The Morgan fingerprint density at radius 1 is 1.47 bits per heavy atom. The third-order valence-electron chi connectivity index (χ3n) is 3.04. The molecule has 1 unspecified atom stereocenters. The first-order valence-corrected chi connectivity index (χ1v) is 6.02. The number of carbonyl (C=O) groups is 1. The molecule has 0 spiro atoms. The van der Waals surface area contributed by atoms with Crippen LogP contribution in [-0.2, 0) is 16.1 Å². The summed E-state index contributed by atoms with van der Waals surface area (Å²) in [5.74, 6) is -0.276. The predicted octanol–water partition coefficient (Wildman–Crippen LogP) is 2.76. The normalized spacial score (nSPS) is 14.1. The number of hydrogen-bond acceptors (Lipinski definition) is 3. The lowest BCUT2D eigenvalue weighted by molar-refractivity contribution is -0.156. The van der Waals surface area contributed by atoms with Crippen molar-refractivity contribution < 1.29 is 9.53 Å². The molecule has 0 aromatic heterocycles.